The maximum absolute atomic E-state index is 10.6. The molecule has 0 aromatic rings. The maximum Gasteiger partial charge on any atom is 0.248 e. The Hall–Kier alpha value is -0.340. The van der Waals surface area contributed by atoms with E-state index < -0.39 is 10.5 Å². The molecule has 0 N–H and O–H groups in total. The van der Waals surface area contributed by atoms with Gasteiger partial charge in [-0.05, 0) is 29.6 Å². The first-order valence-corrected chi connectivity index (χ1v) is 3.90. The van der Waals surface area contributed by atoms with Gasteiger partial charge in [-0.15, -0.1) is 0 Å². The molecule has 0 amide bonds. The van der Waals surface area contributed by atoms with E-state index in [1.807, 2.05) is 6.92 Å². The summed E-state index contributed by atoms with van der Waals surface area (Å²) in [6.45, 7) is 1.85. The molecule has 2 nitrogen and oxygen atoms in total. The maximum atomic E-state index is 10.6. The van der Waals surface area contributed by atoms with Gasteiger partial charge in [-0.2, -0.15) is 0 Å². The monoisotopic (exact) mass is 194 g/mol. The van der Waals surface area contributed by atoms with E-state index in [4.69, 9.17) is 23.2 Å². The molecule has 0 aliphatic rings. The lowest BCUT2D eigenvalue weighted by atomic mass is 10.2. The van der Waals surface area contributed by atoms with E-state index in [0.717, 1.165) is 0 Å². The van der Waals surface area contributed by atoms with E-state index in [2.05, 4.69) is 0 Å². The molecule has 0 aliphatic heterocycles. The van der Waals surface area contributed by atoms with Gasteiger partial charge in [0.25, 0.3) is 0 Å². The van der Waals surface area contributed by atoms with Crippen molar-refractivity contribution in [2.45, 2.75) is 19.8 Å². The van der Waals surface area contributed by atoms with Crippen molar-refractivity contribution in [3.63, 3.8) is 0 Å². The van der Waals surface area contributed by atoms with Crippen molar-refractivity contribution in [1.29, 1.82) is 0 Å². The van der Waals surface area contributed by atoms with Crippen LogP contribution in [0.5, 0.6) is 0 Å². The van der Waals surface area contributed by atoms with Crippen LogP contribution in [0.1, 0.15) is 19.8 Å². The first-order chi connectivity index (χ1) is 5.07. The van der Waals surface area contributed by atoms with Crippen LogP contribution >= 0.6 is 23.2 Å². The number of allylic oxidation sites excluding steroid dienone is 2. The Balaban J connectivity index is 4.23. The first kappa shape index (κ1) is 10.7. The van der Waals surface area contributed by atoms with E-state index in [-0.39, 0.29) is 12.0 Å². The Morgan fingerprint density at radius 3 is 2.18 bits per heavy atom. The first-order valence-electron chi connectivity index (χ1n) is 3.15. The van der Waals surface area contributed by atoms with Crippen LogP contribution in [0.15, 0.2) is 11.6 Å². The van der Waals surface area contributed by atoms with Gasteiger partial charge in [0, 0.05) is 5.57 Å². The molecule has 0 unspecified atom stereocenters. The summed E-state index contributed by atoms with van der Waals surface area (Å²) in [5.41, 5.74) is 0.272. The van der Waals surface area contributed by atoms with Crippen LogP contribution in [0.2, 0.25) is 0 Å². The van der Waals surface area contributed by atoms with Crippen LogP contribution < -0.4 is 0 Å². The molecule has 0 aromatic carbocycles. The summed E-state index contributed by atoms with van der Waals surface area (Å²) in [5.74, 6) is 0. The van der Waals surface area contributed by atoms with Gasteiger partial charge < -0.3 is 0 Å². The van der Waals surface area contributed by atoms with Crippen molar-refractivity contribution in [3.8, 4) is 0 Å². The van der Waals surface area contributed by atoms with Crippen LogP contribution in [0.4, 0.5) is 0 Å². The summed E-state index contributed by atoms with van der Waals surface area (Å²) in [5, 5.41) is -1.18. The summed E-state index contributed by atoms with van der Waals surface area (Å²) < 4.78 is 0. The fourth-order valence-electron chi connectivity index (χ4n) is 0.618. The highest BCUT2D eigenvalue weighted by atomic mass is 35.5. The van der Waals surface area contributed by atoms with E-state index >= 15 is 0 Å². The van der Waals surface area contributed by atoms with Gasteiger partial charge in [0.05, 0.1) is 6.42 Å². The van der Waals surface area contributed by atoms with Crippen molar-refractivity contribution in [2.75, 3.05) is 0 Å². The van der Waals surface area contributed by atoms with Gasteiger partial charge in [-0.1, -0.05) is 13.0 Å². The minimum atomic E-state index is -0.610. The van der Waals surface area contributed by atoms with Crippen molar-refractivity contribution >= 4 is 33.7 Å². The fourth-order valence-corrected chi connectivity index (χ4v) is 0.906. The SMILES string of the molecule is CCC=C(CC(=O)Cl)C(=O)Cl. The van der Waals surface area contributed by atoms with Gasteiger partial charge in [0.15, 0.2) is 0 Å². The Bertz CT molecular complexity index is 197. The lowest BCUT2D eigenvalue weighted by molar-refractivity contribution is -0.113. The number of rotatable bonds is 4. The zero-order valence-electron chi connectivity index (χ0n) is 6.06. The highest BCUT2D eigenvalue weighted by Crippen LogP contribution is 2.09. The lowest BCUT2D eigenvalue weighted by Gasteiger charge is -1.95. The molecule has 0 spiro atoms. The molecule has 0 heterocycles. The van der Waals surface area contributed by atoms with E-state index in [9.17, 15) is 9.59 Å². The zero-order valence-corrected chi connectivity index (χ0v) is 7.58. The third-order valence-corrected chi connectivity index (χ3v) is 1.41. The standard InChI is InChI=1S/C7H8Cl2O2/c1-2-3-5(7(9)11)4-6(8)10/h3H,2,4H2,1H3. The van der Waals surface area contributed by atoms with E-state index in [0.29, 0.717) is 6.42 Å². The molecule has 4 heteroatoms. The van der Waals surface area contributed by atoms with Crippen molar-refractivity contribution in [3.05, 3.63) is 11.6 Å². The summed E-state index contributed by atoms with van der Waals surface area (Å²) >= 11 is 10.2. The molecule has 0 saturated heterocycles. The molecular formula is C7H8Cl2O2. The minimum absolute atomic E-state index is 0.0856. The number of halogens is 2. The molecule has 0 aromatic heterocycles. The largest absolute Gasteiger partial charge is 0.281 e. The quantitative estimate of drug-likeness (QED) is 0.509. The van der Waals surface area contributed by atoms with Crippen LogP contribution in [0.3, 0.4) is 0 Å². The van der Waals surface area contributed by atoms with Gasteiger partial charge in [0.1, 0.15) is 0 Å². The number of hydrogen-bond acceptors (Lipinski definition) is 2. The van der Waals surface area contributed by atoms with Crippen LogP contribution in [-0.2, 0) is 9.59 Å². The Morgan fingerprint density at radius 2 is 1.91 bits per heavy atom. The average molecular weight is 195 g/mol. The lowest BCUT2D eigenvalue weighted by Crippen LogP contribution is -1.98. The molecular weight excluding hydrogens is 187 g/mol. The Kier molecular flexibility index (Phi) is 5.16. The average Bonchev–Trinajstić information content (AvgIpc) is 1.86. The predicted molar refractivity (Wildman–Crippen MR) is 44.7 cm³/mol. The molecule has 0 aliphatic carbocycles. The molecule has 11 heavy (non-hydrogen) atoms. The number of carbonyl (C=O) groups excluding carboxylic acids is 2. The number of hydrogen-bond donors (Lipinski definition) is 0. The van der Waals surface area contributed by atoms with E-state index in [1.165, 1.54) is 0 Å². The normalized spacial score (nSPS) is 11.4. The summed E-state index contributed by atoms with van der Waals surface area (Å²) in [4.78, 5) is 20.9. The third-order valence-electron chi connectivity index (χ3n) is 1.03. The van der Waals surface area contributed by atoms with Crippen molar-refractivity contribution in [1.82, 2.24) is 0 Å². The summed E-state index contributed by atoms with van der Waals surface area (Å²) in [6.07, 6.45) is 2.17. The van der Waals surface area contributed by atoms with E-state index in [1.54, 1.807) is 6.08 Å². The summed E-state index contributed by atoms with van der Waals surface area (Å²) in [7, 11) is 0. The molecule has 0 fully saturated rings. The highest BCUT2D eigenvalue weighted by Gasteiger charge is 2.08. The smallest absolute Gasteiger partial charge is 0.248 e. The molecule has 0 atom stereocenters. The van der Waals surface area contributed by atoms with Crippen molar-refractivity contribution in [2.24, 2.45) is 0 Å². The van der Waals surface area contributed by atoms with Gasteiger partial charge in [0.2, 0.25) is 10.5 Å². The highest BCUT2D eigenvalue weighted by molar-refractivity contribution is 6.69. The van der Waals surface area contributed by atoms with Crippen LogP contribution in [-0.4, -0.2) is 10.5 Å². The molecule has 62 valence electrons. The second-order valence-electron chi connectivity index (χ2n) is 1.94. The van der Waals surface area contributed by atoms with Gasteiger partial charge in [-0.25, -0.2) is 0 Å². The Morgan fingerprint density at radius 1 is 1.36 bits per heavy atom. The molecule has 0 saturated carbocycles. The number of carbonyl (C=O) groups is 2. The van der Waals surface area contributed by atoms with Gasteiger partial charge >= 0.3 is 0 Å². The molecule has 0 rings (SSSR count). The zero-order chi connectivity index (χ0) is 8.85. The van der Waals surface area contributed by atoms with Crippen LogP contribution in [0.25, 0.3) is 0 Å². The summed E-state index contributed by atoms with van der Waals surface area (Å²) in [6, 6.07) is 0. The second kappa shape index (κ2) is 5.33. The fraction of sp³-hybridized carbons (Fsp3) is 0.429. The van der Waals surface area contributed by atoms with Crippen molar-refractivity contribution < 1.29 is 9.59 Å². The predicted octanol–water partition coefficient (Wildman–Crippen LogP) is 2.24. The minimum Gasteiger partial charge on any atom is -0.281 e. The van der Waals surface area contributed by atoms with Gasteiger partial charge in [-0.3, -0.25) is 9.59 Å². The topological polar surface area (TPSA) is 34.1 Å². The Labute approximate surface area is 75.2 Å². The third kappa shape index (κ3) is 4.99. The van der Waals surface area contributed by atoms with Crippen LogP contribution in [0, 0.1) is 0 Å². The molecule has 0 bridgehead atoms. The second-order valence-corrected chi connectivity index (χ2v) is 2.71. The molecule has 0 radical (unpaired) electrons.